The van der Waals surface area contributed by atoms with Crippen molar-refractivity contribution in [3.8, 4) is 6.01 Å². The minimum atomic E-state index is -0.911. The van der Waals surface area contributed by atoms with Gasteiger partial charge in [0.1, 0.15) is 18.9 Å². The zero-order chi connectivity index (χ0) is 22.8. The van der Waals surface area contributed by atoms with Crippen molar-refractivity contribution in [3.05, 3.63) is 46.2 Å². The molecule has 0 aliphatic carbocycles. The Morgan fingerprint density at radius 3 is 2.75 bits per heavy atom. The van der Waals surface area contributed by atoms with Crippen molar-refractivity contribution in [2.75, 3.05) is 11.9 Å². The van der Waals surface area contributed by atoms with E-state index in [9.17, 15) is 19.8 Å². The van der Waals surface area contributed by atoms with E-state index in [4.69, 9.17) is 9.47 Å². The summed E-state index contributed by atoms with van der Waals surface area (Å²) in [4.78, 5) is 35.9. The molecule has 11 heteroatoms. The topological polar surface area (TPSA) is 152 Å². The van der Waals surface area contributed by atoms with Crippen LogP contribution in [0.25, 0.3) is 11.2 Å². The number of amides is 1. The minimum Gasteiger partial charge on any atom is -0.460 e. The van der Waals surface area contributed by atoms with Crippen molar-refractivity contribution in [1.82, 2.24) is 19.5 Å². The number of H-pyrrole nitrogens is 1. The second-order valence-electron chi connectivity index (χ2n) is 7.88. The van der Waals surface area contributed by atoms with Crippen molar-refractivity contribution >= 4 is 23.0 Å². The molecule has 170 valence electrons. The molecule has 4 N–H and O–H groups in total. The molecule has 0 bridgehead atoms. The van der Waals surface area contributed by atoms with Crippen LogP contribution in [0.4, 0.5) is 5.95 Å². The first-order chi connectivity index (χ1) is 15.4. The molecule has 1 saturated heterocycles. The van der Waals surface area contributed by atoms with Gasteiger partial charge in [-0.25, -0.2) is 0 Å². The Bertz CT molecular complexity index is 1160. The smallest absolute Gasteiger partial charge is 0.301 e. The molecule has 0 unspecified atom stereocenters. The fraction of sp³-hybridized carbons (Fsp3) is 0.429. The van der Waals surface area contributed by atoms with Crippen LogP contribution < -0.4 is 15.6 Å². The standard InChI is InChI=1S/C21H25N5O6/c1-11(2)18(29)24-20-23-17-16(19(30)25-20)22-21(31-10-12-6-4-3-5-7-12)26(17)15-8-13(28)14(9-27)32-15/h3-7,11,13-15,27-28H,8-10H2,1-2H3,(H2,23,24,25,29,30)/t13-,14+,15+/m0/s1. The van der Waals surface area contributed by atoms with Crippen LogP contribution in [0.5, 0.6) is 6.01 Å². The summed E-state index contributed by atoms with van der Waals surface area (Å²) in [6.07, 6.45) is -2.34. The van der Waals surface area contributed by atoms with Gasteiger partial charge in [-0.1, -0.05) is 44.2 Å². The average molecular weight is 443 g/mol. The number of carbonyl (C=O) groups is 1. The first-order valence-corrected chi connectivity index (χ1v) is 10.3. The van der Waals surface area contributed by atoms with Crippen molar-refractivity contribution in [1.29, 1.82) is 0 Å². The lowest BCUT2D eigenvalue weighted by molar-refractivity contribution is -0.118. The largest absolute Gasteiger partial charge is 0.460 e. The van der Waals surface area contributed by atoms with E-state index in [0.29, 0.717) is 0 Å². The number of benzene rings is 1. The van der Waals surface area contributed by atoms with E-state index in [1.807, 2.05) is 30.3 Å². The van der Waals surface area contributed by atoms with Gasteiger partial charge < -0.3 is 19.7 Å². The highest BCUT2D eigenvalue weighted by Crippen LogP contribution is 2.34. The Morgan fingerprint density at radius 2 is 2.09 bits per heavy atom. The van der Waals surface area contributed by atoms with Crippen LogP contribution in [-0.4, -0.2) is 54.5 Å². The van der Waals surface area contributed by atoms with E-state index < -0.39 is 24.0 Å². The number of aromatic nitrogens is 4. The SMILES string of the molecule is CC(C)C(=O)Nc1nc2c(nc(OCc3ccccc3)n2[C@H]2C[C@H](O)[C@@H](CO)O2)c(=O)[nH]1. The third-order valence-corrected chi connectivity index (χ3v) is 5.17. The number of carbonyl (C=O) groups excluding carboxylic acids is 1. The van der Waals surface area contributed by atoms with Crippen LogP contribution in [-0.2, 0) is 16.1 Å². The Balaban J connectivity index is 1.76. The summed E-state index contributed by atoms with van der Waals surface area (Å²) in [5, 5.41) is 22.3. The molecule has 0 spiro atoms. The lowest BCUT2D eigenvalue weighted by atomic mass is 10.2. The van der Waals surface area contributed by atoms with Gasteiger partial charge in [0, 0.05) is 12.3 Å². The molecular formula is C21H25N5O6. The molecule has 0 radical (unpaired) electrons. The number of fused-ring (bicyclic) bond motifs is 1. The molecule has 1 aliphatic heterocycles. The Hall–Kier alpha value is -3.28. The molecule has 3 aromatic rings. The summed E-state index contributed by atoms with van der Waals surface area (Å²) < 4.78 is 13.1. The lowest BCUT2D eigenvalue weighted by Crippen LogP contribution is -2.24. The second kappa shape index (κ2) is 9.07. The number of ether oxygens (including phenoxy) is 2. The van der Waals surface area contributed by atoms with Crippen LogP contribution in [0.3, 0.4) is 0 Å². The Labute approximate surface area is 183 Å². The molecule has 4 rings (SSSR count). The van der Waals surface area contributed by atoms with Gasteiger partial charge in [0.25, 0.3) is 5.56 Å². The van der Waals surface area contributed by atoms with Crippen LogP contribution in [0.2, 0.25) is 0 Å². The lowest BCUT2D eigenvalue weighted by Gasteiger charge is -2.17. The van der Waals surface area contributed by atoms with E-state index >= 15 is 0 Å². The first kappa shape index (κ1) is 21.9. The summed E-state index contributed by atoms with van der Waals surface area (Å²) in [5.41, 5.74) is 0.459. The van der Waals surface area contributed by atoms with E-state index in [2.05, 4.69) is 20.3 Å². The minimum absolute atomic E-state index is 0.00106. The second-order valence-corrected chi connectivity index (χ2v) is 7.88. The van der Waals surface area contributed by atoms with Gasteiger partial charge in [-0.3, -0.25) is 24.5 Å². The van der Waals surface area contributed by atoms with Gasteiger partial charge >= 0.3 is 6.01 Å². The fourth-order valence-corrected chi connectivity index (χ4v) is 3.41. The molecule has 0 saturated carbocycles. The van der Waals surface area contributed by atoms with Crippen molar-refractivity contribution in [2.24, 2.45) is 5.92 Å². The van der Waals surface area contributed by atoms with Crippen molar-refractivity contribution < 1.29 is 24.5 Å². The highest BCUT2D eigenvalue weighted by molar-refractivity contribution is 5.91. The fourth-order valence-electron chi connectivity index (χ4n) is 3.41. The molecule has 11 nitrogen and oxygen atoms in total. The van der Waals surface area contributed by atoms with Crippen LogP contribution in [0.15, 0.2) is 35.1 Å². The van der Waals surface area contributed by atoms with Gasteiger partial charge in [-0.15, -0.1) is 0 Å². The van der Waals surface area contributed by atoms with E-state index in [-0.39, 0.29) is 54.6 Å². The highest BCUT2D eigenvalue weighted by atomic mass is 16.6. The molecule has 2 aromatic heterocycles. The maximum atomic E-state index is 12.7. The zero-order valence-corrected chi connectivity index (χ0v) is 17.7. The van der Waals surface area contributed by atoms with Crippen LogP contribution in [0, 0.1) is 5.92 Å². The van der Waals surface area contributed by atoms with E-state index in [0.717, 1.165) is 5.56 Å². The Kier molecular flexibility index (Phi) is 6.21. The number of nitrogens with one attached hydrogen (secondary N) is 2. The number of hydrogen-bond acceptors (Lipinski definition) is 8. The predicted octanol–water partition coefficient (Wildman–Crippen LogP) is 0.934. The number of aliphatic hydroxyl groups excluding tert-OH is 2. The quantitative estimate of drug-likeness (QED) is 0.421. The van der Waals surface area contributed by atoms with Crippen molar-refractivity contribution in [3.63, 3.8) is 0 Å². The zero-order valence-electron chi connectivity index (χ0n) is 17.7. The molecular weight excluding hydrogens is 418 g/mol. The molecule has 1 aliphatic rings. The molecule has 1 aromatic carbocycles. The number of aromatic amines is 1. The maximum absolute atomic E-state index is 12.7. The third-order valence-electron chi connectivity index (χ3n) is 5.17. The average Bonchev–Trinajstić information content (AvgIpc) is 3.32. The number of anilines is 1. The maximum Gasteiger partial charge on any atom is 0.301 e. The molecule has 3 heterocycles. The van der Waals surface area contributed by atoms with Crippen molar-refractivity contribution in [2.45, 2.75) is 45.3 Å². The number of hydrogen-bond donors (Lipinski definition) is 4. The molecule has 1 fully saturated rings. The number of aliphatic hydroxyl groups is 2. The van der Waals surface area contributed by atoms with Gasteiger partial charge in [0.15, 0.2) is 11.2 Å². The van der Waals surface area contributed by atoms with Crippen LogP contribution >= 0.6 is 0 Å². The number of nitrogens with zero attached hydrogens (tertiary/aromatic N) is 3. The molecule has 1 amide bonds. The van der Waals surface area contributed by atoms with Gasteiger partial charge in [-0.2, -0.15) is 9.97 Å². The predicted molar refractivity (Wildman–Crippen MR) is 114 cm³/mol. The van der Waals surface area contributed by atoms with E-state index in [1.54, 1.807) is 13.8 Å². The summed E-state index contributed by atoms with van der Waals surface area (Å²) >= 11 is 0. The Morgan fingerprint density at radius 1 is 1.34 bits per heavy atom. The van der Waals surface area contributed by atoms with Gasteiger partial charge in [-0.05, 0) is 5.56 Å². The summed E-state index contributed by atoms with van der Waals surface area (Å²) in [6, 6.07) is 9.48. The van der Waals surface area contributed by atoms with Gasteiger partial charge in [0.05, 0.1) is 12.7 Å². The third kappa shape index (κ3) is 4.35. The number of imidazole rings is 1. The monoisotopic (exact) mass is 443 g/mol. The molecule has 3 atom stereocenters. The summed E-state index contributed by atoms with van der Waals surface area (Å²) in [6.45, 7) is 3.25. The first-order valence-electron chi connectivity index (χ1n) is 10.3. The van der Waals surface area contributed by atoms with Crippen LogP contribution in [0.1, 0.15) is 32.1 Å². The molecule has 32 heavy (non-hydrogen) atoms. The normalized spacial score (nSPS) is 20.7. The number of rotatable bonds is 7. The highest BCUT2D eigenvalue weighted by Gasteiger charge is 2.37. The summed E-state index contributed by atoms with van der Waals surface area (Å²) in [7, 11) is 0. The van der Waals surface area contributed by atoms with Gasteiger partial charge in [0.2, 0.25) is 11.9 Å². The summed E-state index contributed by atoms with van der Waals surface area (Å²) in [5.74, 6) is -0.662. The van der Waals surface area contributed by atoms with E-state index in [1.165, 1.54) is 4.57 Å².